The molecule has 0 aliphatic rings. The molecule has 7 nitrogen and oxygen atoms in total. The third-order valence-corrected chi connectivity index (χ3v) is 9.36. The van der Waals surface area contributed by atoms with Gasteiger partial charge in [0, 0.05) is 17.6 Å². The Hall–Kier alpha value is -3.36. The van der Waals surface area contributed by atoms with Crippen molar-refractivity contribution in [1.29, 1.82) is 0 Å². The molecule has 0 aliphatic carbocycles. The lowest BCUT2D eigenvalue weighted by molar-refractivity contribution is -0.139. The van der Waals surface area contributed by atoms with Gasteiger partial charge in [-0.25, -0.2) is 8.42 Å². The number of anilines is 1. The van der Waals surface area contributed by atoms with Gasteiger partial charge in [0.25, 0.3) is 10.0 Å². The third-order valence-electron chi connectivity index (χ3n) is 7.20. The number of sulfonamides is 1. The van der Waals surface area contributed by atoms with Gasteiger partial charge in [-0.2, -0.15) is 0 Å². The summed E-state index contributed by atoms with van der Waals surface area (Å²) in [5, 5.41) is 3.38. The van der Waals surface area contributed by atoms with E-state index in [9.17, 15) is 18.0 Å². The van der Waals surface area contributed by atoms with Gasteiger partial charge in [0.15, 0.2) is 0 Å². The van der Waals surface area contributed by atoms with Crippen molar-refractivity contribution in [3.8, 4) is 0 Å². The van der Waals surface area contributed by atoms with Crippen molar-refractivity contribution in [2.24, 2.45) is 0 Å². The van der Waals surface area contributed by atoms with E-state index in [0.29, 0.717) is 16.3 Å². The highest BCUT2D eigenvalue weighted by Gasteiger charge is 2.33. The Kier molecular flexibility index (Phi) is 11.0. The molecule has 2 amide bonds. The smallest absolute Gasteiger partial charge is 0.264 e. The highest BCUT2D eigenvalue weighted by molar-refractivity contribution is 7.92. The first-order valence-electron chi connectivity index (χ1n) is 13.9. The summed E-state index contributed by atoms with van der Waals surface area (Å²) in [5.74, 6) is -0.599. The fourth-order valence-electron chi connectivity index (χ4n) is 4.25. The van der Waals surface area contributed by atoms with Crippen LogP contribution in [0.3, 0.4) is 0 Å². The monoisotopic (exact) mass is 597 g/mol. The maximum absolute atomic E-state index is 14.0. The second kappa shape index (κ2) is 14.0. The molecule has 9 heteroatoms. The van der Waals surface area contributed by atoms with E-state index in [1.165, 1.54) is 17.0 Å². The van der Waals surface area contributed by atoms with Gasteiger partial charge in [-0.3, -0.25) is 13.9 Å². The van der Waals surface area contributed by atoms with E-state index in [4.69, 9.17) is 11.6 Å². The summed E-state index contributed by atoms with van der Waals surface area (Å²) >= 11 is 6.43. The minimum absolute atomic E-state index is 0.0400. The van der Waals surface area contributed by atoms with Crippen LogP contribution in [0, 0.1) is 6.92 Å². The topological polar surface area (TPSA) is 86.8 Å². The SMILES string of the molecule is CC[C@@H](C)NC(=O)[C@H](C)N(Cc1ccccc1Cl)C(=O)CN(c1ccc(C(C)C)cc1)S(=O)(=O)c1ccc(C)cc1. The average molecular weight is 598 g/mol. The predicted molar refractivity (Wildman–Crippen MR) is 166 cm³/mol. The van der Waals surface area contributed by atoms with E-state index in [2.05, 4.69) is 19.2 Å². The van der Waals surface area contributed by atoms with Crippen LogP contribution < -0.4 is 9.62 Å². The Morgan fingerprint density at radius 2 is 1.51 bits per heavy atom. The molecule has 3 aromatic rings. The van der Waals surface area contributed by atoms with Crippen molar-refractivity contribution >= 4 is 39.1 Å². The maximum atomic E-state index is 14.0. The van der Waals surface area contributed by atoms with E-state index >= 15 is 0 Å². The Morgan fingerprint density at radius 3 is 2.07 bits per heavy atom. The molecular weight excluding hydrogens is 558 g/mol. The van der Waals surface area contributed by atoms with Crippen LogP contribution in [0.1, 0.15) is 63.6 Å². The second-order valence-corrected chi connectivity index (χ2v) is 12.9. The van der Waals surface area contributed by atoms with Crippen molar-refractivity contribution in [1.82, 2.24) is 10.2 Å². The largest absolute Gasteiger partial charge is 0.352 e. The van der Waals surface area contributed by atoms with E-state index in [-0.39, 0.29) is 29.3 Å². The molecule has 1 N–H and O–H groups in total. The minimum Gasteiger partial charge on any atom is -0.352 e. The van der Waals surface area contributed by atoms with Gasteiger partial charge >= 0.3 is 0 Å². The number of halogens is 1. The van der Waals surface area contributed by atoms with E-state index in [1.54, 1.807) is 55.5 Å². The summed E-state index contributed by atoms with van der Waals surface area (Å²) in [5.41, 5.74) is 2.97. The molecule has 0 bridgehead atoms. The molecule has 41 heavy (non-hydrogen) atoms. The summed E-state index contributed by atoms with van der Waals surface area (Å²) in [6.07, 6.45) is 0.728. The Balaban J connectivity index is 2.05. The van der Waals surface area contributed by atoms with E-state index in [1.807, 2.05) is 32.9 Å². The molecule has 0 unspecified atom stereocenters. The number of hydrogen-bond acceptors (Lipinski definition) is 4. The second-order valence-electron chi connectivity index (χ2n) is 10.7. The molecule has 3 aromatic carbocycles. The minimum atomic E-state index is -4.12. The molecule has 0 fully saturated rings. The summed E-state index contributed by atoms with van der Waals surface area (Å²) in [6.45, 7) is 11.0. The first kappa shape index (κ1) is 32.2. The number of carbonyl (C=O) groups excluding carboxylic acids is 2. The number of nitrogens with zero attached hydrogens (tertiary/aromatic N) is 2. The molecule has 3 rings (SSSR count). The molecule has 220 valence electrons. The molecule has 0 aromatic heterocycles. The zero-order valence-electron chi connectivity index (χ0n) is 24.6. The van der Waals surface area contributed by atoms with Crippen molar-refractivity contribution in [3.63, 3.8) is 0 Å². The van der Waals surface area contributed by atoms with E-state index < -0.39 is 28.5 Å². The van der Waals surface area contributed by atoms with Crippen LogP contribution in [0.5, 0.6) is 0 Å². The number of benzene rings is 3. The molecule has 0 radical (unpaired) electrons. The van der Waals surface area contributed by atoms with Gasteiger partial charge in [-0.05, 0) is 74.6 Å². The van der Waals surface area contributed by atoms with Crippen LogP contribution in [0.25, 0.3) is 0 Å². The third kappa shape index (κ3) is 8.11. The fraction of sp³-hybridized carbons (Fsp3) is 0.375. The quantitative estimate of drug-likeness (QED) is 0.265. The lowest BCUT2D eigenvalue weighted by Crippen LogP contribution is -2.52. The van der Waals surface area contributed by atoms with Gasteiger partial charge in [0.2, 0.25) is 11.8 Å². The first-order valence-corrected chi connectivity index (χ1v) is 15.7. The Labute approximate surface area is 249 Å². The summed E-state index contributed by atoms with van der Waals surface area (Å²) < 4.78 is 29.1. The number of rotatable bonds is 12. The normalized spacial score (nSPS) is 13.0. The van der Waals surface area contributed by atoms with Gasteiger partial charge in [-0.15, -0.1) is 0 Å². The number of aryl methyl sites for hydroxylation is 1. The predicted octanol–water partition coefficient (Wildman–Crippen LogP) is 6.30. The van der Waals surface area contributed by atoms with Crippen LogP contribution in [0.2, 0.25) is 5.02 Å². The molecule has 0 aliphatic heterocycles. The van der Waals surface area contributed by atoms with Crippen LogP contribution in [-0.2, 0) is 26.2 Å². The van der Waals surface area contributed by atoms with Crippen LogP contribution in [0.4, 0.5) is 5.69 Å². The van der Waals surface area contributed by atoms with Gasteiger partial charge in [0.05, 0.1) is 10.6 Å². The van der Waals surface area contributed by atoms with Gasteiger partial charge in [-0.1, -0.05) is 80.4 Å². The molecule has 0 saturated carbocycles. The highest BCUT2D eigenvalue weighted by Crippen LogP contribution is 2.27. The zero-order valence-corrected chi connectivity index (χ0v) is 26.2. The highest BCUT2D eigenvalue weighted by atomic mass is 35.5. The molecule has 0 heterocycles. The molecule has 2 atom stereocenters. The molecule has 0 spiro atoms. The summed E-state index contributed by atoms with van der Waals surface area (Å²) in [4.78, 5) is 28.7. The molecular formula is C32H40ClN3O4S. The summed E-state index contributed by atoms with van der Waals surface area (Å²) in [6, 6.07) is 19.8. The summed E-state index contributed by atoms with van der Waals surface area (Å²) in [7, 11) is -4.12. The Morgan fingerprint density at radius 1 is 0.902 bits per heavy atom. The van der Waals surface area contributed by atoms with Gasteiger partial charge < -0.3 is 10.2 Å². The number of amides is 2. The molecule has 0 saturated heterocycles. The fourth-order valence-corrected chi connectivity index (χ4v) is 5.86. The standard InChI is InChI=1S/C32H40ClN3O4S/c1-7-24(5)34-32(38)25(6)35(20-27-10-8-9-11-30(27)33)31(37)21-36(28-16-14-26(15-17-28)22(2)3)41(39,40)29-18-12-23(4)13-19-29/h8-19,22,24-25H,7,20-21H2,1-6H3,(H,34,38)/t24-,25+/m1/s1. The van der Waals surface area contributed by atoms with E-state index in [0.717, 1.165) is 21.9 Å². The van der Waals surface area contributed by atoms with Crippen LogP contribution in [0.15, 0.2) is 77.7 Å². The van der Waals surface area contributed by atoms with Crippen molar-refractivity contribution < 1.29 is 18.0 Å². The van der Waals surface area contributed by atoms with Crippen molar-refractivity contribution in [3.05, 3.63) is 94.5 Å². The number of carbonyl (C=O) groups is 2. The van der Waals surface area contributed by atoms with Gasteiger partial charge in [0.1, 0.15) is 12.6 Å². The lowest BCUT2D eigenvalue weighted by Gasteiger charge is -2.32. The lowest BCUT2D eigenvalue weighted by atomic mass is 10.0. The Bertz CT molecular complexity index is 1440. The number of nitrogens with one attached hydrogen (secondary N) is 1. The zero-order chi connectivity index (χ0) is 30.3. The van der Waals surface area contributed by atoms with Crippen molar-refractivity contribution in [2.75, 3.05) is 10.8 Å². The van der Waals surface area contributed by atoms with Crippen LogP contribution in [-0.4, -0.2) is 43.8 Å². The van der Waals surface area contributed by atoms with Crippen LogP contribution >= 0.6 is 11.6 Å². The van der Waals surface area contributed by atoms with Crippen molar-refractivity contribution in [2.45, 2.75) is 77.4 Å². The number of hydrogen-bond donors (Lipinski definition) is 1. The average Bonchev–Trinajstić information content (AvgIpc) is 2.95. The first-order chi connectivity index (χ1) is 19.3. The maximum Gasteiger partial charge on any atom is 0.264 e.